The number of halogens is 1. The summed E-state index contributed by atoms with van der Waals surface area (Å²) in [5.41, 5.74) is -0.220. The molecule has 2 aromatic rings. The predicted molar refractivity (Wildman–Crippen MR) is 131 cm³/mol. The zero-order valence-corrected chi connectivity index (χ0v) is 20.1. The Hall–Kier alpha value is -2.66. The molecule has 186 valence electrons. The molecule has 3 heterocycles. The van der Waals surface area contributed by atoms with Crippen LogP contribution in [-0.2, 0) is 4.74 Å². The van der Waals surface area contributed by atoms with Crippen molar-refractivity contribution in [1.82, 2.24) is 24.7 Å². The molecule has 0 saturated carbocycles. The van der Waals surface area contributed by atoms with Gasteiger partial charge in [0.15, 0.2) is 0 Å². The van der Waals surface area contributed by atoms with E-state index in [0.29, 0.717) is 36.7 Å². The molecule has 2 aliphatic heterocycles. The number of H-pyrrole nitrogens is 1. The number of aromatic amines is 1. The van der Waals surface area contributed by atoms with Crippen LogP contribution < -0.4 is 21.3 Å². The van der Waals surface area contributed by atoms with Crippen molar-refractivity contribution in [2.45, 2.75) is 18.9 Å². The molecule has 1 aromatic heterocycles. The minimum atomic E-state index is -0.593. The first-order valence-electron chi connectivity index (χ1n) is 11.4. The molecule has 0 unspecified atom stereocenters. The van der Waals surface area contributed by atoms with Crippen LogP contribution in [0.1, 0.15) is 23.2 Å². The summed E-state index contributed by atoms with van der Waals surface area (Å²) in [6, 6.07) is 6.22. The molecule has 11 heteroatoms. The van der Waals surface area contributed by atoms with Crippen molar-refractivity contribution in [2.24, 2.45) is 0 Å². The van der Waals surface area contributed by atoms with E-state index in [1.165, 1.54) is 23.9 Å². The summed E-state index contributed by atoms with van der Waals surface area (Å²) in [5, 5.41) is 3.35. The van der Waals surface area contributed by atoms with E-state index < -0.39 is 11.2 Å². The molecular formula is C23H32ClN5O5. The zero-order valence-electron chi connectivity index (χ0n) is 19.3. The highest BCUT2D eigenvalue weighted by molar-refractivity contribution is 5.95. The number of hydrogen-bond donors (Lipinski definition) is 2. The van der Waals surface area contributed by atoms with Crippen molar-refractivity contribution in [3.8, 4) is 11.4 Å². The lowest BCUT2D eigenvalue weighted by molar-refractivity contribution is -0.000635. The minimum absolute atomic E-state index is 0. The van der Waals surface area contributed by atoms with Crippen LogP contribution in [0.15, 0.2) is 40.1 Å². The first-order chi connectivity index (χ1) is 16.0. The fourth-order valence-corrected chi connectivity index (χ4v) is 4.31. The fraction of sp³-hybridized carbons (Fsp3) is 0.522. The molecule has 0 atom stereocenters. The van der Waals surface area contributed by atoms with Crippen LogP contribution in [0.5, 0.6) is 5.75 Å². The molecule has 2 fully saturated rings. The third kappa shape index (κ3) is 6.26. The molecule has 0 spiro atoms. The molecule has 2 N–H and O–H groups in total. The summed E-state index contributed by atoms with van der Waals surface area (Å²) < 4.78 is 12.7. The molecule has 2 saturated heterocycles. The van der Waals surface area contributed by atoms with Crippen molar-refractivity contribution >= 4 is 18.3 Å². The maximum absolute atomic E-state index is 13.1. The van der Waals surface area contributed by atoms with Gasteiger partial charge < -0.3 is 19.7 Å². The van der Waals surface area contributed by atoms with Crippen molar-refractivity contribution in [3.05, 3.63) is 56.9 Å². The number of carbonyl (C=O) groups is 1. The van der Waals surface area contributed by atoms with Crippen LogP contribution in [0.4, 0.5) is 0 Å². The van der Waals surface area contributed by atoms with Gasteiger partial charge in [-0.1, -0.05) is 0 Å². The number of piperidine rings is 1. The summed E-state index contributed by atoms with van der Waals surface area (Å²) >= 11 is 0. The number of methoxy groups -OCH3 is 1. The van der Waals surface area contributed by atoms with Crippen LogP contribution in [0, 0.1) is 0 Å². The van der Waals surface area contributed by atoms with Gasteiger partial charge in [-0.2, -0.15) is 0 Å². The van der Waals surface area contributed by atoms with Gasteiger partial charge in [-0.3, -0.25) is 24.0 Å². The molecule has 2 aliphatic rings. The lowest BCUT2D eigenvalue weighted by Crippen LogP contribution is -2.45. The number of hydrogen-bond acceptors (Lipinski definition) is 7. The number of amides is 1. The van der Waals surface area contributed by atoms with E-state index in [9.17, 15) is 14.4 Å². The fourth-order valence-electron chi connectivity index (χ4n) is 4.31. The smallest absolute Gasteiger partial charge is 0.333 e. The molecule has 4 rings (SSSR count). The molecule has 10 nitrogen and oxygen atoms in total. The highest BCUT2D eigenvalue weighted by atomic mass is 35.5. The Kier molecular flexibility index (Phi) is 9.28. The molecule has 1 aromatic carbocycles. The lowest BCUT2D eigenvalue weighted by Gasteiger charge is -2.33. The Bertz CT molecular complexity index is 1070. The number of benzene rings is 1. The van der Waals surface area contributed by atoms with Gasteiger partial charge >= 0.3 is 5.69 Å². The quantitative estimate of drug-likeness (QED) is 0.577. The van der Waals surface area contributed by atoms with Crippen molar-refractivity contribution < 1.29 is 14.3 Å². The number of likely N-dealkylation sites (tertiary alicyclic amines) is 1. The van der Waals surface area contributed by atoms with Crippen molar-refractivity contribution in [1.29, 1.82) is 0 Å². The maximum Gasteiger partial charge on any atom is 0.333 e. The average Bonchev–Trinajstić information content (AvgIpc) is 2.84. The van der Waals surface area contributed by atoms with Gasteiger partial charge in [0.1, 0.15) is 5.75 Å². The topological polar surface area (TPSA) is 109 Å². The van der Waals surface area contributed by atoms with E-state index in [1.54, 1.807) is 18.2 Å². The van der Waals surface area contributed by atoms with E-state index in [-0.39, 0.29) is 24.4 Å². The van der Waals surface area contributed by atoms with Gasteiger partial charge in [-0.25, -0.2) is 4.79 Å². The SMILES string of the molecule is COc1ccc(C(=O)N2CCC(OCCN3CCNCC3)CC2)cc1-n1ccc(=O)[nH]c1=O.Cl. The van der Waals surface area contributed by atoms with E-state index in [0.717, 1.165) is 45.6 Å². The molecule has 34 heavy (non-hydrogen) atoms. The van der Waals surface area contributed by atoms with Crippen LogP contribution in [0.3, 0.4) is 0 Å². The second kappa shape index (κ2) is 12.2. The molecule has 1 amide bonds. The van der Waals surface area contributed by atoms with Gasteiger partial charge in [0, 0.05) is 63.6 Å². The van der Waals surface area contributed by atoms with Crippen LogP contribution in [0.2, 0.25) is 0 Å². The summed E-state index contributed by atoms with van der Waals surface area (Å²) in [7, 11) is 1.49. The normalized spacial score (nSPS) is 17.3. The lowest BCUT2D eigenvalue weighted by atomic mass is 10.1. The van der Waals surface area contributed by atoms with Crippen LogP contribution >= 0.6 is 12.4 Å². The van der Waals surface area contributed by atoms with Crippen LogP contribution in [0.25, 0.3) is 5.69 Å². The molecule has 0 bridgehead atoms. The Morgan fingerprint density at radius 2 is 1.82 bits per heavy atom. The van der Waals surface area contributed by atoms with Crippen molar-refractivity contribution in [2.75, 3.05) is 59.5 Å². The monoisotopic (exact) mass is 493 g/mol. The first kappa shape index (κ1) is 26.0. The minimum Gasteiger partial charge on any atom is -0.495 e. The first-order valence-corrected chi connectivity index (χ1v) is 11.4. The Balaban J connectivity index is 0.00000324. The second-order valence-electron chi connectivity index (χ2n) is 8.32. The highest BCUT2D eigenvalue weighted by Crippen LogP contribution is 2.24. The Morgan fingerprint density at radius 3 is 2.50 bits per heavy atom. The molecule has 0 aliphatic carbocycles. The molecular weight excluding hydrogens is 462 g/mol. The standard InChI is InChI=1S/C23H31N5O5.ClH/c1-32-20-3-2-17(16-19(20)28-11-6-21(29)25-23(28)31)22(30)27-9-4-18(5-10-27)33-15-14-26-12-7-24-8-13-26;/h2-3,6,11,16,18,24H,4-5,7-10,12-15H2,1H3,(H,25,29,31);1H. The number of rotatable bonds is 7. The van der Waals surface area contributed by atoms with E-state index in [2.05, 4.69) is 15.2 Å². The number of nitrogens with zero attached hydrogens (tertiary/aromatic N) is 3. The highest BCUT2D eigenvalue weighted by Gasteiger charge is 2.25. The van der Waals surface area contributed by atoms with E-state index in [4.69, 9.17) is 9.47 Å². The second-order valence-corrected chi connectivity index (χ2v) is 8.32. The Labute approximate surface area is 204 Å². The number of ether oxygens (including phenoxy) is 2. The number of nitrogens with one attached hydrogen (secondary N) is 2. The summed E-state index contributed by atoms with van der Waals surface area (Å²) in [6.07, 6.45) is 3.14. The zero-order chi connectivity index (χ0) is 23.2. The van der Waals surface area contributed by atoms with Gasteiger partial charge in [0.2, 0.25) is 0 Å². The van der Waals surface area contributed by atoms with E-state index in [1.807, 2.05) is 4.90 Å². The third-order valence-electron chi connectivity index (χ3n) is 6.21. The number of carbonyl (C=O) groups excluding carboxylic acids is 1. The van der Waals surface area contributed by atoms with Gasteiger partial charge in [-0.15, -0.1) is 12.4 Å². The van der Waals surface area contributed by atoms with Gasteiger partial charge in [0.05, 0.1) is 25.5 Å². The Morgan fingerprint density at radius 1 is 1.09 bits per heavy atom. The van der Waals surface area contributed by atoms with Crippen molar-refractivity contribution in [3.63, 3.8) is 0 Å². The summed E-state index contributed by atoms with van der Waals surface area (Å²) in [4.78, 5) is 43.2. The van der Waals surface area contributed by atoms with Gasteiger partial charge in [-0.05, 0) is 31.0 Å². The molecule has 0 radical (unpaired) electrons. The summed E-state index contributed by atoms with van der Waals surface area (Å²) in [6.45, 7) is 7.09. The number of piperazine rings is 1. The maximum atomic E-state index is 13.1. The number of aromatic nitrogens is 2. The summed E-state index contributed by atoms with van der Waals surface area (Å²) in [5.74, 6) is 0.327. The third-order valence-corrected chi connectivity index (χ3v) is 6.21. The average molecular weight is 494 g/mol. The van der Waals surface area contributed by atoms with E-state index >= 15 is 0 Å². The predicted octanol–water partition coefficient (Wildman–Crippen LogP) is 0.483. The van der Waals surface area contributed by atoms with Gasteiger partial charge in [0.25, 0.3) is 11.5 Å². The van der Waals surface area contributed by atoms with Crippen LogP contribution in [-0.4, -0.2) is 90.9 Å². The largest absolute Gasteiger partial charge is 0.495 e.